The van der Waals surface area contributed by atoms with Crippen LogP contribution in [0.15, 0.2) is 35.3 Å². The van der Waals surface area contributed by atoms with E-state index < -0.39 is 0 Å². The van der Waals surface area contributed by atoms with Crippen LogP contribution in [0, 0.1) is 5.92 Å². The molecule has 52 valence electrons. The van der Waals surface area contributed by atoms with E-state index in [-0.39, 0.29) is 0 Å². The van der Waals surface area contributed by atoms with Gasteiger partial charge in [-0.2, -0.15) is 0 Å². The molecule has 0 amide bonds. The van der Waals surface area contributed by atoms with Crippen LogP contribution >= 0.6 is 11.8 Å². The zero-order valence-electron chi connectivity index (χ0n) is 5.95. The van der Waals surface area contributed by atoms with Crippen molar-refractivity contribution in [1.82, 2.24) is 0 Å². The van der Waals surface area contributed by atoms with Gasteiger partial charge in [-0.3, -0.25) is 0 Å². The highest BCUT2D eigenvalue weighted by Gasteiger charge is 2.24. The second-order valence-corrected chi connectivity index (χ2v) is 3.81. The standard InChI is InChI=1S/C9H10S/c1-7-6-10-9-5-3-2-4-8(7)9/h2-6,8-9H,1H3. The molecule has 0 aromatic rings. The lowest BCUT2D eigenvalue weighted by molar-refractivity contribution is 0.801. The number of allylic oxidation sites excluding steroid dienone is 4. The SMILES string of the molecule is CC1=CSC2C=CC=CC12. The first-order chi connectivity index (χ1) is 4.88. The third-order valence-corrected chi connectivity index (χ3v) is 3.29. The second kappa shape index (κ2) is 2.31. The Morgan fingerprint density at radius 1 is 1.30 bits per heavy atom. The van der Waals surface area contributed by atoms with Gasteiger partial charge in [0.25, 0.3) is 0 Å². The molecular formula is C9H10S. The van der Waals surface area contributed by atoms with Crippen molar-refractivity contribution in [2.45, 2.75) is 12.2 Å². The number of fused-ring (bicyclic) bond motifs is 1. The van der Waals surface area contributed by atoms with Crippen LogP contribution in [0.3, 0.4) is 0 Å². The summed E-state index contributed by atoms with van der Waals surface area (Å²) < 4.78 is 0. The maximum atomic E-state index is 2.29. The second-order valence-electron chi connectivity index (χ2n) is 2.76. The van der Waals surface area contributed by atoms with Crippen LogP contribution in [0.2, 0.25) is 0 Å². The van der Waals surface area contributed by atoms with Crippen molar-refractivity contribution < 1.29 is 0 Å². The first-order valence-electron chi connectivity index (χ1n) is 3.55. The minimum Gasteiger partial charge on any atom is -0.126 e. The minimum absolute atomic E-state index is 0.690. The number of hydrogen-bond donors (Lipinski definition) is 0. The van der Waals surface area contributed by atoms with Crippen molar-refractivity contribution >= 4 is 11.8 Å². The highest BCUT2D eigenvalue weighted by atomic mass is 32.2. The van der Waals surface area contributed by atoms with Crippen molar-refractivity contribution in [3.05, 3.63) is 35.3 Å². The Morgan fingerprint density at radius 3 is 2.90 bits per heavy atom. The molecule has 0 saturated heterocycles. The fourth-order valence-corrected chi connectivity index (χ4v) is 2.58. The smallest absolute Gasteiger partial charge is 0.0372 e. The maximum absolute atomic E-state index is 2.29. The third kappa shape index (κ3) is 0.853. The summed E-state index contributed by atoms with van der Waals surface area (Å²) in [5.74, 6) is 0.690. The molecule has 0 saturated carbocycles. The minimum atomic E-state index is 0.690. The zero-order chi connectivity index (χ0) is 6.97. The summed E-state index contributed by atoms with van der Waals surface area (Å²) in [5.41, 5.74) is 1.51. The van der Waals surface area contributed by atoms with Gasteiger partial charge in [-0.1, -0.05) is 29.9 Å². The highest BCUT2D eigenvalue weighted by Crippen LogP contribution is 2.38. The van der Waals surface area contributed by atoms with E-state index in [0.717, 1.165) is 0 Å². The van der Waals surface area contributed by atoms with E-state index in [1.54, 1.807) is 0 Å². The van der Waals surface area contributed by atoms with Gasteiger partial charge in [0, 0.05) is 11.2 Å². The van der Waals surface area contributed by atoms with Crippen molar-refractivity contribution in [2.75, 3.05) is 0 Å². The van der Waals surface area contributed by atoms with Gasteiger partial charge in [0.05, 0.1) is 0 Å². The van der Waals surface area contributed by atoms with Crippen LogP contribution in [-0.4, -0.2) is 5.25 Å². The third-order valence-electron chi connectivity index (χ3n) is 2.02. The predicted molar refractivity (Wildman–Crippen MR) is 46.9 cm³/mol. The average molecular weight is 150 g/mol. The van der Waals surface area contributed by atoms with Gasteiger partial charge in [-0.25, -0.2) is 0 Å². The van der Waals surface area contributed by atoms with Crippen molar-refractivity contribution in [2.24, 2.45) is 5.92 Å². The summed E-state index contributed by atoms with van der Waals surface area (Å²) in [4.78, 5) is 0. The van der Waals surface area contributed by atoms with E-state index in [1.165, 1.54) is 5.57 Å². The van der Waals surface area contributed by atoms with E-state index in [4.69, 9.17) is 0 Å². The van der Waals surface area contributed by atoms with Crippen LogP contribution < -0.4 is 0 Å². The molecule has 0 aromatic heterocycles. The molecule has 0 nitrogen and oxygen atoms in total. The number of rotatable bonds is 0. The molecule has 2 unspecified atom stereocenters. The Labute approximate surface area is 65.7 Å². The number of thioether (sulfide) groups is 1. The molecule has 0 radical (unpaired) electrons. The molecule has 0 bridgehead atoms. The topological polar surface area (TPSA) is 0 Å². The summed E-state index contributed by atoms with van der Waals surface area (Å²) in [6, 6.07) is 0. The lowest BCUT2D eigenvalue weighted by Gasteiger charge is -2.15. The Morgan fingerprint density at radius 2 is 2.10 bits per heavy atom. The Bertz CT molecular complexity index is 223. The van der Waals surface area contributed by atoms with E-state index in [2.05, 4.69) is 36.6 Å². The fourth-order valence-electron chi connectivity index (χ4n) is 1.39. The summed E-state index contributed by atoms with van der Waals surface area (Å²) in [6.45, 7) is 2.21. The van der Waals surface area contributed by atoms with Gasteiger partial charge in [-0.15, -0.1) is 11.8 Å². The molecule has 1 aliphatic carbocycles. The van der Waals surface area contributed by atoms with Gasteiger partial charge in [0.15, 0.2) is 0 Å². The predicted octanol–water partition coefficient (Wildman–Crippen LogP) is 2.75. The molecular weight excluding hydrogens is 140 g/mol. The Balaban J connectivity index is 2.27. The molecule has 0 spiro atoms. The highest BCUT2D eigenvalue weighted by molar-refractivity contribution is 8.03. The quantitative estimate of drug-likeness (QED) is 0.511. The number of hydrogen-bond acceptors (Lipinski definition) is 1. The van der Waals surface area contributed by atoms with Gasteiger partial charge in [-0.05, 0) is 12.3 Å². The van der Waals surface area contributed by atoms with Crippen LogP contribution in [0.5, 0.6) is 0 Å². The van der Waals surface area contributed by atoms with Crippen molar-refractivity contribution in [3.63, 3.8) is 0 Å². The first kappa shape index (κ1) is 6.29. The Kier molecular flexibility index (Phi) is 1.46. The largest absolute Gasteiger partial charge is 0.126 e. The summed E-state index contributed by atoms with van der Waals surface area (Å²) in [5, 5.41) is 2.97. The van der Waals surface area contributed by atoms with Crippen molar-refractivity contribution in [3.8, 4) is 0 Å². The molecule has 0 fully saturated rings. The molecule has 1 heteroatoms. The molecule has 2 aliphatic rings. The van der Waals surface area contributed by atoms with Crippen LogP contribution in [0.25, 0.3) is 0 Å². The van der Waals surface area contributed by atoms with E-state index >= 15 is 0 Å². The molecule has 10 heavy (non-hydrogen) atoms. The van der Waals surface area contributed by atoms with Gasteiger partial charge < -0.3 is 0 Å². The monoisotopic (exact) mass is 150 g/mol. The van der Waals surface area contributed by atoms with E-state index in [9.17, 15) is 0 Å². The van der Waals surface area contributed by atoms with Crippen LogP contribution in [-0.2, 0) is 0 Å². The molecule has 1 aliphatic heterocycles. The first-order valence-corrected chi connectivity index (χ1v) is 4.49. The van der Waals surface area contributed by atoms with Gasteiger partial charge in [0.1, 0.15) is 0 Å². The normalized spacial score (nSPS) is 35.9. The summed E-state index contributed by atoms with van der Waals surface area (Å²) in [7, 11) is 0. The van der Waals surface area contributed by atoms with Gasteiger partial charge in [0.2, 0.25) is 0 Å². The van der Waals surface area contributed by atoms with Crippen molar-refractivity contribution in [1.29, 1.82) is 0 Å². The Hall–Kier alpha value is -0.430. The lowest BCUT2D eigenvalue weighted by Crippen LogP contribution is -2.10. The molecule has 2 atom stereocenters. The molecule has 0 N–H and O–H groups in total. The molecule has 1 heterocycles. The van der Waals surface area contributed by atoms with Crippen LogP contribution in [0.4, 0.5) is 0 Å². The molecule has 2 rings (SSSR count). The van der Waals surface area contributed by atoms with E-state index in [1.807, 2.05) is 11.8 Å². The lowest BCUT2D eigenvalue weighted by atomic mass is 9.94. The fraction of sp³-hybridized carbons (Fsp3) is 0.333. The molecule has 0 aromatic carbocycles. The average Bonchev–Trinajstić information content (AvgIpc) is 2.34. The zero-order valence-corrected chi connectivity index (χ0v) is 6.77. The van der Waals surface area contributed by atoms with Crippen LogP contribution in [0.1, 0.15) is 6.92 Å². The van der Waals surface area contributed by atoms with E-state index in [0.29, 0.717) is 11.2 Å². The summed E-state index contributed by atoms with van der Waals surface area (Å²) in [6.07, 6.45) is 8.85. The summed E-state index contributed by atoms with van der Waals surface area (Å²) >= 11 is 1.93. The maximum Gasteiger partial charge on any atom is 0.0372 e. The van der Waals surface area contributed by atoms with Gasteiger partial charge >= 0.3 is 0 Å².